The van der Waals surface area contributed by atoms with Crippen LogP contribution < -0.4 is 21.3 Å². The summed E-state index contributed by atoms with van der Waals surface area (Å²) in [6.45, 7) is 2.21. The highest BCUT2D eigenvalue weighted by Gasteiger charge is 2.24. The van der Waals surface area contributed by atoms with Crippen molar-refractivity contribution in [1.82, 2.24) is 5.32 Å². The van der Waals surface area contributed by atoms with Gasteiger partial charge in [0.2, 0.25) is 0 Å². The third-order valence-electron chi connectivity index (χ3n) is 4.60. The highest BCUT2D eigenvalue weighted by atomic mass is 16.2. The van der Waals surface area contributed by atoms with Gasteiger partial charge in [0.15, 0.2) is 0 Å². The largest absolute Gasteiger partial charge is 0.382 e. The van der Waals surface area contributed by atoms with Gasteiger partial charge in [-0.3, -0.25) is 4.90 Å². The van der Waals surface area contributed by atoms with Crippen LogP contribution in [-0.4, -0.2) is 31.7 Å². The molecule has 2 amide bonds. The normalized spacial score (nSPS) is 25.8. The highest BCUT2D eigenvalue weighted by molar-refractivity contribution is 5.94. The molecule has 2 fully saturated rings. The maximum Gasteiger partial charge on any atom is 0.321 e. The van der Waals surface area contributed by atoms with Gasteiger partial charge in [-0.15, -0.1) is 0 Å². The Bertz CT molecular complexity index is 488. The lowest BCUT2D eigenvalue weighted by atomic mass is 9.84. The fourth-order valence-electron chi connectivity index (χ4n) is 3.35. The molecule has 3 rings (SSSR count). The van der Waals surface area contributed by atoms with Crippen molar-refractivity contribution in [3.8, 4) is 0 Å². The molecule has 0 bridgehead atoms. The topological polar surface area (TPSA) is 70.4 Å². The van der Waals surface area contributed by atoms with Crippen LogP contribution in [0.4, 0.5) is 16.2 Å². The molecule has 1 heterocycles. The van der Waals surface area contributed by atoms with E-state index in [1.54, 1.807) is 4.90 Å². The van der Waals surface area contributed by atoms with E-state index in [-0.39, 0.29) is 6.03 Å². The smallest absolute Gasteiger partial charge is 0.321 e. The number of anilines is 2. The molecule has 2 aliphatic rings. The second-order valence-corrected chi connectivity index (χ2v) is 5.96. The molecule has 2 atom stereocenters. The Hall–Kier alpha value is -1.75. The predicted octanol–water partition coefficient (Wildman–Crippen LogP) is 2.15. The van der Waals surface area contributed by atoms with Crippen molar-refractivity contribution in [2.75, 3.05) is 29.9 Å². The Morgan fingerprint density at radius 3 is 2.67 bits per heavy atom. The lowest BCUT2D eigenvalue weighted by Gasteiger charge is -2.32. The van der Waals surface area contributed by atoms with Crippen molar-refractivity contribution in [3.63, 3.8) is 0 Å². The van der Waals surface area contributed by atoms with Crippen molar-refractivity contribution in [2.45, 2.75) is 31.7 Å². The molecule has 0 radical (unpaired) electrons. The van der Waals surface area contributed by atoms with Gasteiger partial charge in [0.05, 0.1) is 0 Å². The molecule has 21 heavy (non-hydrogen) atoms. The van der Waals surface area contributed by atoms with E-state index < -0.39 is 0 Å². The summed E-state index contributed by atoms with van der Waals surface area (Å²) >= 11 is 0. The van der Waals surface area contributed by atoms with Gasteiger partial charge in [-0.25, -0.2) is 4.79 Å². The maximum atomic E-state index is 11.6. The van der Waals surface area contributed by atoms with E-state index in [0.717, 1.165) is 31.0 Å². The minimum absolute atomic E-state index is 0.00816. The molecule has 1 saturated heterocycles. The number of nitrogens with one attached hydrogen (secondary N) is 2. The quantitative estimate of drug-likeness (QED) is 0.795. The second kappa shape index (κ2) is 6.35. The van der Waals surface area contributed by atoms with Crippen LogP contribution in [0, 0.1) is 5.92 Å². The zero-order valence-electron chi connectivity index (χ0n) is 12.3. The van der Waals surface area contributed by atoms with E-state index in [1.165, 1.54) is 25.7 Å². The monoisotopic (exact) mass is 288 g/mol. The summed E-state index contributed by atoms with van der Waals surface area (Å²) in [6, 6.07) is 8.60. The van der Waals surface area contributed by atoms with Gasteiger partial charge in [0.1, 0.15) is 0 Å². The summed E-state index contributed by atoms with van der Waals surface area (Å²) in [5.74, 6) is 0.572. The van der Waals surface area contributed by atoms with E-state index in [2.05, 4.69) is 22.8 Å². The van der Waals surface area contributed by atoms with E-state index in [4.69, 9.17) is 5.73 Å². The third kappa shape index (κ3) is 3.13. The van der Waals surface area contributed by atoms with Gasteiger partial charge in [-0.2, -0.15) is 0 Å². The van der Waals surface area contributed by atoms with E-state index >= 15 is 0 Å². The molecular weight excluding hydrogens is 264 g/mol. The number of nitrogens with zero attached hydrogens (tertiary/aromatic N) is 1. The van der Waals surface area contributed by atoms with Crippen molar-refractivity contribution in [2.24, 2.45) is 11.7 Å². The van der Waals surface area contributed by atoms with Crippen LogP contribution >= 0.6 is 0 Å². The number of carbonyl (C=O) groups is 1. The summed E-state index contributed by atoms with van der Waals surface area (Å²) in [5.41, 5.74) is 7.95. The van der Waals surface area contributed by atoms with Gasteiger partial charge in [-0.05, 0) is 49.6 Å². The Morgan fingerprint density at radius 2 is 2.00 bits per heavy atom. The maximum absolute atomic E-state index is 11.6. The first kappa shape index (κ1) is 14.2. The van der Waals surface area contributed by atoms with Crippen LogP contribution in [0.1, 0.15) is 25.7 Å². The van der Waals surface area contributed by atoms with Gasteiger partial charge in [0.25, 0.3) is 0 Å². The number of urea groups is 1. The third-order valence-corrected chi connectivity index (χ3v) is 4.60. The summed E-state index contributed by atoms with van der Waals surface area (Å²) < 4.78 is 0. The van der Waals surface area contributed by atoms with Crippen LogP contribution in [0.3, 0.4) is 0 Å². The molecule has 1 aliphatic heterocycles. The van der Waals surface area contributed by atoms with Gasteiger partial charge in [0, 0.05) is 30.5 Å². The van der Waals surface area contributed by atoms with E-state index in [0.29, 0.717) is 12.0 Å². The van der Waals surface area contributed by atoms with Crippen LogP contribution in [0.5, 0.6) is 0 Å². The molecular formula is C16H24N4O. The molecule has 5 nitrogen and oxygen atoms in total. The number of hydrogen-bond acceptors (Lipinski definition) is 3. The molecule has 1 aromatic carbocycles. The molecule has 1 aliphatic carbocycles. The molecule has 1 aromatic rings. The predicted molar refractivity (Wildman–Crippen MR) is 85.6 cm³/mol. The number of rotatable bonds is 4. The van der Waals surface area contributed by atoms with Crippen molar-refractivity contribution in [3.05, 3.63) is 24.3 Å². The minimum Gasteiger partial charge on any atom is -0.382 e. The summed E-state index contributed by atoms with van der Waals surface area (Å²) in [6.07, 6.45) is 4.99. The van der Waals surface area contributed by atoms with Gasteiger partial charge < -0.3 is 16.4 Å². The first-order chi connectivity index (χ1) is 10.3. The molecule has 1 saturated carbocycles. The van der Waals surface area contributed by atoms with Gasteiger partial charge in [-0.1, -0.05) is 12.8 Å². The van der Waals surface area contributed by atoms with E-state index in [9.17, 15) is 4.79 Å². The van der Waals surface area contributed by atoms with Crippen LogP contribution in [-0.2, 0) is 0 Å². The number of benzene rings is 1. The SMILES string of the molecule is NCC1CCCCC1Nc1ccc(N2CCNC2=O)cc1. The number of amides is 2. The molecule has 0 spiro atoms. The summed E-state index contributed by atoms with van der Waals surface area (Å²) in [5, 5.41) is 6.43. The summed E-state index contributed by atoms with van der Waals surface area (Å²) in [4.78, 5) is 13.4. The van der Waals surface area contributed by atoms with Crippen LogP contribution in [0.25, 0.3) is 0 Å². The summed E-state index contributed by atoms with van der Waals surface area (Å²) in [7, 11) is 0. The van der Waals surface area contributed by atoms with Gasteiger partial charge >= 0.3 is 6.03 Å². The molecule has 4 N–H and O–H groups in total. The lowest BCUT2D eigenvalue weighted by molar-refractivity contribution is 0.252. The van der Waals surface area contributed by atoms with Crippen LogP contribution in [0.15, 0.2) is 24.3 Å². The van der Waals surface area contributed by atoms with Crippen molar-refractivity contribution in [1.29, 1.82) is 0 Å². The Balaban J connectivity index is 1.65. The minimum atomic E-state index is -0.00816. The Morgan fingerprint density at radius 1 is 1.24 bits per heavy atom. The average Bonchev–Trinajstić information content (AvgIpc) is 2.95. The number of hydrogen-bond donors (Lipinski definition) is 3. The van der Waals surface area contributed by atoms with Crippen LogP contribution in [0.2, 0.25) is 0 Å². The zero-order valence-corrected chi connectivity index (χ0v) is 12.3. The molecule has 2 unspecified atom stereocenters. The molecule has 0 aromatic heterocycles. The lowest BCUT2D eigenvalue weighted by Crippen LogP contribution is -2.36. The molecule has 5 heteroatoms. The Labute approximate surface area is 125 Å². The first-order valence-corrected chi connectivity index (χ1v) is 7.90. The van der Waals surface area contributed by atoms with E-state index in [1.807, 2.05) is 12.1 Å². The fraction of sp³-hybridized carbons (Fsp3) is 0.562. The molecule has 114 valence electrons. The first-order valence-electron chi connectivity index (χ1n) is 7.90. The second-order valence-electron chi connectivity index (χ2n) is 5.96. The highest BCUT2D eigenvalue weighted by Crippen LogP contribution is 2.27. The van der Waals surface area contributed by atoms with Crippen molar-refractivity contribution < 1.29 is 4.79 Å². The fourth-order valence-corrected chi connectivity index (χ4v) is 3.35. The Kier molecular flexibility index (Phi) is 4.29. The standard InChI is InChI=1S/C16H24N4O/c17-11-12-3-1-2-4-15(12)19-13-5-7-14(8-6-13)20-10-9-18-16(20)21/h5-8,12,15,19H,1-4,9-11,17H2,(H,18,21). The number of carbonyl (C=O) groups excluding carboxylic acids is 1. The number of nitrogens with two attached hydrogens (primary N) is 1. The average molecular weight is 288 g/mol. The zero-order chi connectivity index (χ0) is 14.7. The van der Waals surface area contributed by atoms with Crippen molar-refractivity contribution >= 4 is 17.4 Å².